The van der Waals surface area contributed by atoms with E-state index in [9.17, 15) is 0 Å². The first-order chi connectivity index (χ1) is 7.68. The number of fused-ring (bicyclic) bond motifs is 1. The second-order valence-corrected chi connectivity index (χ2v) is 8.49. The van der Waals surface area contributed by atoms with Crippen LogP contribution in [0.15, 0.2) is 23.1 Å². The Labute approximate surface area is 110 Å². The normalized spacial score (nSPS) is 20.5. The molecule has 1 heterocycles. The summed E-state index contributed by atoms with van der Waals surface area (Å²) in [5.41, 5.74) is 3.68. The smallest absolute Gasteiger partial charge is 0.0184 e. The van der Waals surface area contributed by atoms with E-state index in [1.165, 1.54) is 16.9 Å². The fourth-order valence-corrected chi connectivity index (χ4v) is 3.56. The van der Waals surface area contributed by atoms with Crippen LogP contribution in [0.3, 0.4) is 0 Å². The summed E-state index contributed by atoms with van der Waals surface area (Å²) in [5.74, 6) is 0. The van der Waals surface area contributed by atoms with Gasteiger partial charge in [-0.1, -0.05) is 53.7 Å². The summed E-state index contributed by atoms with van der Waals surface area (Å²) in [4.78, 5) is 1.50. The van der Waals surface area contributed by atoms with Crippen molar-refractivity contribution < 1.29 is 0 Å². The van der Waals surface area contributed by atoms with E-state index < -0.39 is 0 Å². The van der Waals surface area contributed by atoms with Crippen molar-refractivity contribution in [3.8, 4) is 0 Å². The van der Waals surface area contributed by atoms with E-state index in [1.54, 1.807) is 5.56 Å². The minimum Gasteiger partial charge on any atom is -0.122 e. The van der Waals surface area contributed by atoms with Gasteiger partial charge in [0, 0.05) is 10.1 Å². The first kappa shape index (κ1) is 13.0. The average Bonchev–Trinajstić information content (AvgIpc) is 2.57. The standard InChI is InChI=1S/C16H24S/c1-15(2,3)12-7-8-13-11(9-12)10-14(17-13)16(4,5)6/h7-9,14H,10H2,1-6H3. The fourth-order valence-electron chi connectivity index (χ4n) is 2.20. The van der Waals surface area contributed by atoms with Crippen LogP contribution in [0.25, 0.3) is 0 Å². The Hall–Kier alpha value is -0.430. The highest BCUT2D eigenvalue weighted by molar-refractivity contribution is 8.00. The maximum absolute atomic E-state index is 2.42. The highest BCUT2D eigenvalue weighted by Gasteiger charge is 2.32. The van der Waals surface area contributed by atoms with E-state index in [1.807, 2.05) is 0 Å². The highest BCUT2D eigenvalue weighted by Crippen LogP contribution is 2.45. The molecule has 0 radical (unpaired) electrons. The molecule has 0 aliphatic carbocycles. The Kier molecular flexibility index (Phi) is 3.10. The van der Waals surface area contributed by atoms with Crippen molar-refractivity contribution in [3.63, 3.8) is 0 Å². The maximum Gasteiger partial charge on any atom is 0.0184 e. The van der Waals surface area contributed by atoms with Crippen LogP contribution in [-0.4, -0.2) is 5.25 Å². The summed E-state index contributed by atoms with van der Waals surface area (Å²) in [6.45, 7) is 13.9. The summed E-state index contributed by atoms with van der Waals surface area (Å²) in [6.07, 6.45) is 1.23. The van der Waals surface area contributed by atoms with Crippen LogP contribution in [0.5, 0.6) is 0 Å². The third kappa shape index (κ3) is 2.70. The Morgan fingerprint density at radius 1 is 1.06 bits per heavy atom. The largest absolute Gasteiger partial charge is 0.122 e. The molecule has 1 aliphatic heterocycles. The third-order valence-electron chi connectivity index (χ3n) is 3.57. The van der Waals surface area contributed by atoms with Crippen LogP contribution < -0.4 is 0 Å². The van der Waals surface area contributed by atoms with Crippen LogP contribution in [0.4, 0.5) is 0 Å². The van der Waals surface area contributed by atoms with Crippen molar-refractivity contribution in [2.45, 2.75) is 63.5 Å². The lowest BCUT2D eigenvalue weighted by atomic mass is 9.84. The minimum atomic E-state index is 0.263. The molecule has 0 nitrogen and oxygen atoms in total. The average molecular weight is 248 g/mol. The van der Waals surface area contributed by atoms with Crippen molar-refractivity contribution in [1.82, 2.24) is 0 Å². The molecule has 17 heavy (non-hydrogen) atoms. The number of hydrogen-bond acceptors (Lipinski definition) is 1. The number of thioether (sulfide) groups is 1. The molecule has 0 bridgehead atoms. The van der Waals surface area contributed by atoms with Gasteiger partial charge in [-0.15, -0.1) is 11.8 Å². The van der Waals surface area contributed by atoms with E-state index in [0.29, 0.717) is 5.41 Å². The summed E-state index contributed by atoms with van der Waals surface area (Å²) >= 11 is 2.06. The van der Waals surface area contributed by atoms with Crippen molar-refractivity contribution in [1.29, 1.82) is 0 Å². The zero-order chi connectivity index (χ0) is 12.8. The van der Waals surface area contributed by atoms with Crippen LogP contribution in [0, 0.1) is 5.41 Å². The van der Waals surface area contributed by atoms with Gasteiger partial charge in [-0.25, -0.2) is 0 Å². The molecule has 1 aromatic carbocycles. The first-order valence-electron chi connectivity index (χ1n) is 6.48. The lowest BCUT2D eigenvalue weighted by Gasteiger charge is -2.25. The Morgan fingerprint density at radius 2 is 1.71 bits per heavy atom. The zero-order valence-electron chi connectivity index (χ0n) is 11.9. The molecule has 1 aromatic rings. The predicted octanol–water partition coefficient (Wildman–Crippen LogP) is 5.05. The minimum absolute atomic E-state index is 0.263. The molecular weight excluding hydrogens is 224 g/mol. The third-order valence-corrected chi connectivity index (χ3v) is 5.38. The van der Waals surface area contributed by atoms with Crippen molar-refractivity contribution >= 4 is 11.8 Å². The van der Waals surface area contributed by atoms with Gasteiger partial charge in [0.2, 0.25) is 0 Å². The summed E-state index contributed by atoms with van der Waals surface area (Å²) < 4.78 is 0. The molecule has 0 spiro atoms. The van der Waals surface area contributed by atoms with Gasteiger partial charge in [0.05, 0.1) is 0 Å². The van der Waals surface area contributed by atoms with Gasteiger partial charge in [0.15, 0.2) is 0 Å². The Bertz CT molecular complexity index is 418. The first-order valence-corrected chi connectivity index (χ1v) is 7.36. The molecule has 1 heteroatoms. The molecule has 0 fully saturated rings. The Morgan fingerprint density at radius 3 is 2.24 bits per heavy atom. The molecule has 0 saturated heterocycles. The van der Waals surface area contributed by atoms with Crippen molar-refractivity contribution in [2.75, 3.05) is 0 Å². The summed E-state index contributed by atoms with van der Waals surface area (Å²) in [5, 5.41) is 0.729. The quantitative estimate of drug-likeness (QED) is 0.619. The lowest BCUT2D eigenvalue weighted by Crippen LogP contribution is -2.22. The van der Waals surface area contributed by atoms with E-state index in [2.05, 4.69) is 71.5 Å². The van der Waals surface area contributed by atoms with Crippen molar-refractivity contribution in [3.05, 3.63) is 29.3 Å². The van der Waals surface area contributed by atoms with Crippen LogP contribution in [0.1, 0.15) is 52.7 Å². The number of rotatable bonds is 0. The summed E-state index contributed by atoms with van der Waals surface area (Å²) in [6, 6.07) is 7.05. The molecule has 1 atom stereocenters. The monoisotopic (exact) mass is 248 g/mol. The number of hydrogen-bond donors (Lipinski definition) is 0. The second-order valence-electron chi connectivity index (χ2n) is 7.25. The van der Waals surface area contributed by atoms with Gasteiger partial charge >= 0.3 is 0 Å². The molecule has 94 valence electrons. The molecule has 1 aliphatic rings. The van der Waals surface area contributed by atoms with Gasteiger partial charge in [-0.2, -0.15) is 0 Å². The van der Waals surface area contributed by atoms with E-state index >= 15 is 0 Å². The van der Waals surface area contributed by atoms with Crippen LogP contribution in [0.2, 0.25) is 0 Å². The predicted molar refractivity (Wildman–Crippen MR) is 77.9 cm³/mol. The second kappa shape index (κ2) is 4.05. The van der Waals surface area contributed by atoms with Crippen LogP contribution in [-0.2, 0) is 11.8 Å². The number of benzene rings is 1. The molecule has 0 aromatic heterocycles. The topological polar surface area (TPSA) is 0 Å². The lowest BCUT2D eigenvalue weighted by molar-refractivity contribution is 0.396. The van der Waals surface area contributed by atoms with Gasteiger partial charge in [0.25, 0.3) is 0 Å². The zero-order valence-corrected chi connectivity index (χ0v) is 12.7. The van der Waals surface area contributed by atoms with Gasteiger partial charge in [-0.3, -0.25) is 0 Å². The van der Waals surface area contributed by atoms with E-state index in [-0.39, 0.29) is 5.41 Å². The fraction of sp³-hybridized carbons (Fsp3) is 0.625. The molecule has 2 rings (SSSR count). The molecule has 0 N–H and O–H groups in total. The van der Waals surface area contributed by atoms with Gasteiger partial charge in [-0.05, 0) is 34.4 Å². The molecular formula is C16H24S. The molecule has 0 saturated carbocycles. The summed E-state index contributed by atoms with van der Waals surface area (Å²) in [7, 11) is 0. The van der Waals surface area contributed by atoms with Crippen molar-refractivity contribution in [2.24, 2.45) is 5.41 Å². The van der Waals surface area contributed by atoms with Gasteiger partial charge in [0.1, 0.15) is 0 Å². The molecule has 0 amide bonds. The highest BCUT2D eigenvalue weighted by atomic mass is 32.2. The van der Waals surface area contributed by atoms with E-state index in [0.717, 1.165) is 5.25 Å². The maximum atomic E-state index is 2.42. The van der Waals surface area contributed by atoms with Crippen LogP contribution >= 0.6 is 11.8 Å². The van der Waals surface area contributed by atoms with E-state index in [4.69, 9.17) is 0 Å². The molecule has 1 unspecified atom stereocenters. The van der Waals surface area contributed by atoms with Gasteiger partial charge < -0.3 is 0 Å². The Balaban J connectivity index is 2.29. The SMILES string of the molecule is CC(C)(C)c1ccc2c(c1)CC(C(C)(C)C)S2.